The predicted octanol–water partition coefficient (Wildman–Crippen LogP) is 3.71. The summed E-state index contributed by atoms with van der Waals surface area (Å²) in [6.07, 6.45) is 2.17. The molecule has 0 saturated carbocycles. The van der Waals surface area contributed by atoms with Crippen molar-refractivity contribution in [3.63, 3.8) is 0 Å². The second-order valence-electron chi connectivity index (χ2n) is 6.47. The summed E-state index contributed by atoms with van der Waals surface area (Å²) in [6, 6.07) is 15.1. The first-order chi connectivity index (χ1) is 14.1. The highest BCUT2D eigenvalue weighted by Crippen LogP contribution is 2.25. The van der Waals surface area contributed by atoms with Gasteiger partial charge in [-0.2, -0.15) is 0 Å². The Morgan fingerprint density at radius 2 is 1.90 bits per heavy atom. The van der Waals surface area contributed by atoms with Crippen molar-refractivity contribution in [2.75, 3.05) is 31.4 Å². The molecule has 0 saturated heterocycles. The second kappa shape index (κ2) is 9.54. The van der Waals surface area contributed by atoms with Crippen LogP contribution >= 0.6 is 0 Å². The lowest BCUT2D eigenvalue weighted by molar-refractivity contribution is 0.102. The lowest BCUT2D eigenvalue weighted by Crippen LogP contribution is -2.16. The highest BCUT2D eigenvalue weighted by molar-refractivity contribution is 6.04. The van der Waals surface area contributed by atoms with E-state index in [0.717, 1.165) is 23.3 Å². The van der Waals surface area contributed by atoms with E-state index in [1.807, 2.05) is 49.4 Å². The molecule has 0 aliphatic heterocycles. The third kappa shape index (κ3) is 5.44. The summed E-state index contributed by atoms with van der Waals surface area (Å²) in [4.78, 5) is 20.9. The summed E-state index contributed by atoms with van der Waals surface area (Å²) in [5.41, 5.74) is 3.04. The van der Waals surface area contributed by atoms with Crippen LogP contribution in [0.15, 0.2) is 54.9 Å². The van der Waals surface area contributed by atoms with Gasteiger partial charge in [0.1, 0.15) is 29.3 Å². The Bertz CT molecular complexity index is 991. The summed E-state index contributed by atoms with van der Waals surface area (Å²) in [5.74, 6) is 1.68. The lowest BCUT2D eigenvalue weighted by Gasteiger charge is -2.11. The fraction of sp³-hybridized carbons (Fsp3) is 0.227. The van der Waals surface area contributed by atoms with Gasteiger partial charge in [-0.3, -0.25) is 4.79 Å². The molecule has 0 fully saturated rings. The van der Waals surface area contributed by atoms with Crippen LogP contribution in [0.4, 0.5) is 11.5 Å². The number of carbonyl (C=O) groups excluding carboxylic acids is 1. The molecule has 0 atom stereocenters. The predicted molar refractivity (Wildman–Crippen MR) is 113 cm³/mol. The number of amides is 1. The van der Waals surface area contributed by atoms with Gasteiger partial charge >= 0.3 is 0 Å². The van der Waals surface area contributed by atoms with E-state index in [1.165, 1.54) is 6.33 Å². The second-order valence-corrected chi connectivity index (χ2v) is 6.47. The van der Waals surface area contributed by atoms with Gasteiger partial charge in [0, 0.05) is 12.6 Å². The summed E-state index contributed by atoms with van der Waals surface area (Å²) < 4.78 is 10.5. The van der Waals surface area contributed by atoms with Crippen molar-refractivity contribution in [3.8, 4) is 11.5 Å². The molecule has 0 aliphatic rings. The van der Waals surface area contributed by atoms with Gasteiger partial charge in [-0.05, 0) is 48.7 Å². The molecule has 0 unspecified atom stereocenters. The number of nitrogens with zero attached hydrogens (tertiary/aromatic N) is 2. The van der Waals surface area contributed by atoms with E-state index in [1.54, 1.807) is 20.3 Å². The molecular weight excluding hydrogens is 368 g/mol. The van der Waals surface area contributed by atoms with E-state index >= 15 is 0 Å². The zero-order valence-corrected chi connectivity index (χ0v) is 16.7. The van der Waals surface area contributed by atoms with E-state index in [2.05, 4.69) is 20.6 Å². The van der Waals surface area contributed by atoms with Crippen molar-refractivity contribution in [2.24, 2.45) is 0 Å². The Hall–Kier alpha value is -3.61. The first-order valence-electron chi connectivity index (χ1n) is 9.24. The van der Waals surface area contributed by atoms with Crippen LogP contribution < -0.4 is 20.1 Å². The minimum atomic E-state index is -0.327. The molecule has 1 aromatic heterocycles. The maximum absolute atomic E-state index is 12.6. The van der Waals surface area contributed by atoms with E-state index in [0.29, 0.717) is 23.8 Å². The number of ether oxygens (including phenoxy) is 2. The van der Waals surface area contributed by atoms with Crippen LogP contribution in [0, 0.1) is 6.92 Å². The summed E-state index contributed by atoms with van der Waals surface area (Å²) in [7, 11) is 3.21. The third-order valence-electron chi connectivity index (χ3n) is 4.36. The molecule has 2 N–H and O–H groups in total. The van der Waals surface area contributed by atoms with Crippen LogP contribution in [-0.4, -0.2) is 36.6 Å². The molecule has 1 amide bonds. The van der Waals surface area contributed by atoms with Gasteiger partial charge in [0.25, 0.3) is 5.91 Å². The summed E-state index contributed by atoms with van der Waals surface area (Å²) >= 11 is 0. The molecule has 7 nitrogen and oxygen atoms in total. The van der Waals surface area contributed by atoms with Crippen LogP contribution in [0.3, 0.4) is 0 Å². The standard InChI is InChI=1S/C22H24N4O3/c1-15-7-8-20(29-3)18(11-15)26-22(27)19-13-21(25-14-24-19)23-10-9-16-5-4-6-17(12-16)28-2/h4-8,11-14H,9-10H2,1-3H3,(H,26,27)(H,23,24,25). The molecule has 1 heterocycles. The molecule has 3 aromatic rings. The Kier molecular flexibility index (Phi) is 6.63. The monoisotopic (exact) mass is 392 g/mol. The number of carbonyl (C=O) groups is 1. The number of hydrogen-bond donors (Lipinski definition) is 2. The Labute approximate surface area is 170 Å². The molecule has 0 bridgehead atoms. The molecule has 150 valence electrons. The van der Waals surface area contributed by atoms with Gasteiger partial charge in [0.2, 0.25) is 0 Å². The minimum absolute atomic E-state index is 0.271. The number of rotatable bonds is 8. The fourth-order valence-corrected chi connectivity index (χ4v) is 2.85. The number of aromatic nitrogens is 2. The Morgan fingerprint density at radius 3 is 2.69 bits per heavy atom. The lowest BCUT2D eigenvalue weighted by atomic mass is 10.1. The maximum Gasteiger partial charge on any atom is 0.274 e. The molecule has 0 radical (unpaired) electrons. The van der Waals surface area contributed by atoms with Gasteiger partial charge in [0.05, 0.1) is 19.9 Å². The van der Waals surface area contributed by atoms with Gasteiger partial charge in [0.15, 0.2) is 0 Å². The Balaban J connectivity index is 1.63. The quantitative estimate of drug-likeness (QED) is 0.608. The van der Waals surface area contributed by atoms with Crippen molar-refractivity contribution in [3.05, 3.63) is 71.7 Å². The third-order valence-corrected chi connectivity index (χ3v) is 4.36. The number of benzene rings is 2. The molecule has 3 rings (SSSR count). The van der Waals surface area contributed by atoms with Gasteiger partial charge in [-0.15, -0.1) is 0 Å². The first-order valence-corrected chi connectivity index (χ1v) is 9.24. The van der Waals surface area contributed by atoms with E-state index in [4.69, 9.17) is 9.47 Å². The molecule has 7 heteroatoms. The number of anilines is 2. The van der Waals surface area contributed by atoms with Crippen LogP contribution in [0.1, 0.15) is 21.6 Å². The topological polar surface area (TPSA) is 85.4 Å². The minimum Gasteiger partial charge on any atom is -0.497 e. The summed E-state index contributed by atoms with van der Waals surface area (Å²) in [6.45, 7) is 2.61. The van der Waals surface area contributed by atoms with Crippen LogP contribution in [-0.2, 0) is 6.42 Å². The van der Waals surface area contributed by atoms with Gasteiger partial charge in [-0.1, -0.05) is 18.2 Å². The van der Waals surface area contributed by atoms with Gasteiger partial charge < -0.3 is 20.1 Å². The molecular formula is C22H24N4O3. The number of methoxy groups -OCH3 is 2. The maximum atomic E-state index is 12.6. The van der Waals surface area contributed by atoms with E-state index in [-0.39, 0.29) is 11.6 Å². The van der Waals surface area contributed by atoms with Crippen molar-refractivity contribution >= 4 is 17.4 Å². The van der Waals surface area contributed by atoms with Gasteiger partial charge in [-0.25, -0.2) is 9.97 Å². The average molecular weight is 392 g/mol. The van der Waals surface area contributed by atoms with E-state index in [9.17, 15) is 4.79 Å². The molecule has 29 heavy (non-hydrogen) atoms. The van der Waals surface area contributed by atoms with Crippen LogP contribution in [0.5, 0.6) is 11.5 Å². The van der Waals surface area contributed by atoms with Crippen molar-refractivity contribution in [2.45, 2.75) is 13.3 Å². The first kappa shape index (κ1) is 20.1. The highest BCUT2D eigenvalue weighted by Gasteiger charge is 2.12. The average Bonchev–Trinajstić information content (AvgIpc) is 2.74. The van der Waals surface area contributed by atoms with E-state index < -0.39 is 0 Å². The number of hydrogen-bond acceptors (Lipinski definition) is 6. The van der Waals surface area contributed by atoms with Crippen molar-refractivity contribution < 1.29 is 14.3 Å². The molecule has 0 aliphatic carbocycles. The fourth-order valence-electron chi connectivity index (χ4n) is 2.85. The van der Waals surface area contributed by atoms with Crippen LogP contribution in [0.2, 0.25) is 0 Å². The zero-order valence-electron chi connectivity index (χ0n) is 16.7. The normalized spacial score (nSPS) is 10.3. The smallest absolute Gasteiger partial charge is 0.274 e. The van der Waals surface area contributed by atoms with Crippen LogP contribution in [0.25, 0.3) is 0 Å². The summed E-state index contributed by atoms with van der Waals surface area (Å²) in [5, 5.41) is 6.07. The molecule has 0 spiro atoms. The largest absolute Gasteiger partial charge is 0.497 e. The Morgan fingerprint density at radius 1 is 1.03 bits per heavy atom. The highest BCUT2D eigenvalue weighted by atomic mass is 16.5. The number of nitrogens with one attached hydrogen (secondary N) is 2. The van der Waals surface area contributed by atoms with Crippen molar-refractivity contribution in [1.82, 2.24) is 9.97 Å². The molecule has 2 aromatic carbocycles. The van der Waals surface area contributed by atoms with Crippen molar-refractivity contribution in [1.29, 1.82) is 0 Å². The SMILES string of the molecule is COc1cccc(CCNc2cc(C(=O)Nc3cc(C)ccc3OC)ncn2)c1. The number of aryl methyl sites for hydroxylation is 1. The zero-order chi connectivity index (χ0) is 20.6.